The molecule has 6 nitrogen and oxygen atoms in total. The fourth-order valence-corrected chi connectivity index (χ4v) is 3.64. The molecule has 0 unspecified atom stereocenters. The first kappa shape index (κ1) is 17.5. The number of sulfonamides is 1. The van der Waals surface area contributed by atoms with E-state index in [1.165, 1.54) is 12.1 Å². The quantitative estimate of drug-likeness (QED) is 0.655. The Bertz CT molecular complexity index is 969. The molecule has 0 aliphatic rings. The van der Waals surface area contributed by atoms with Gasteiger partial charge in [-0.2, -0.15) is 5.10 Å². The van der Waals surface area contributed by atoms with E-state index in [2.05, 4.69) is 25.8 Å². The van der Waals surface area contributed by atoms with E-state index in [4.69, 9.17) is 4.74 Å². The number of ether oxygens (including phenoxy) is 1. The van der Waals surface area contributed by atoms with Gasteiger partial charge in [0.2, 0.25) is 0 Å². The number of aromatic nitrogens is 2. The molecule has 0 radical (unpaired) electrons. The summed E-state index contributed by atoms with van der Waals surface area (Å²) in [4.78, 5) is 0.160. The van der Waals surface area contributed by atoms with Crippen molar-refractivity contribution in [1.29, 1.82) is 0 Å². The molecule has 0 aliphatic carbocycles. The van der Waals surface area contributed by atoms with Crippen molar-refractivity contribution in [3.05, 3.63) is 65.4 Å². The van der Waals surface area contributed by atoms with Crippen molar-refractivity contribution in [3.8, 4) is 11.4 Å². The third-order valence-electron chi connectivity index (χ3n) is 3.39. The van der Waals surface area contributed by atoms with Crippen LogP contribution in [0.25, 0.3) is 5.69 Å². The third kappa shape index (κ3) is 4.02. The Kier molecular flexibility index (Phi) is 5.10. The molecular formula is C17H16BrN3O3S. The van der Waals surface area contributed by atoms with E-state index < -0.39 is 10.0 Å². The van der Waals surface area contributed by atoms with Gasteiger partial charge in [-0.1, -0.05) is 12.1 Å². The van der Waals surface area contributed by atoms with Gasteiger partial charge < -0.3 is 4.74 Å². The standard InChI is InChI=1S/C17H16BrN3O3S/c1-2-24-14-7-9-15(10-8-14)25(22,23)20-16-5-3-4-6-17(16)21-12-13(18)11-19-21/h3-12,20H,2H2,1H3. The number of hydrogen-bond acceptors (Lipinski definition) is 4. The predicted molar refractivity (Wildman–Crippen MR) is 99.7 cm³/mol. The van der Waals surface area contributed by atoms with Gasteiger partial charge in [0.15, 0.2) is 0 Å². The summed E-state index contributed by atoms with van der Waals surface area (Å²) in [5.74, 6) is 0.628. The summed E-state index contributed by atoms with van der Waals surface area (Å²) in [6.07, 6.45) is 3.39. The lowest BCUT2D eigenvalue weighted by Crippen LogP contribution is -2.14. The van der Waals surface area contributed by atoms with Gasteiger partial charge in [0.1, 0.15) is 5.75 Å². The van der Waals surface area contributed by atoms with Gasteiger partial charge in [-0.05, 0) is 59.3 Å². The molecule has 0 amide bonds. The van der Waals surface area contributed by atoms with Gasteiger partial charge in [0.05, 0.1) is 33.5 Å². The second-order valence-corrected chi connectivity index (χ2v) is 7.73. The molecule has 0 spiro atoms. The zero-order chi connectivity index (χ0) is 17.9. The van der Waals surface area contributed by atoms with Crippen LogP contribution in [0.3, 0.4) is 0 Å². The van der Waals surface area contributed by atoms with Crippen LogP contribution in [-0.2, 0) is 10.0 Å². The normalized spacial score (nSPS) is 11.3. The summed E-state index contributed by atoms with van der Waals surface area (Å²) in [6.45, 7) is 2.40. The van der Waals surface area contributed by atoms with E-state index in [-0.39, 0.29) is 4.90 Å². The number of nitrogens with one attached hydrogen (secondary N) is 1. The average molecular weight is 422 g/mol. The number of halogens is 1. The second kappa shape index (κ2) is 7.28. The number of hydrogen-bond donors (Lipinski definition) is 1. The van der Waals surface area contributed by atoms with Crippen LogP contribution in [-0.4, -0.2) is 24.8 Å². The third-order valence-corrected chi connectivity index (χ3v) is 5.18. The number of rotatable bonds is 6. The van der Waals surface area contributed by atoms with Gasteiger partial charge in [0, 0.05) is 6.20 Å². The smallest absolute Gasteiger partial charge is 0.261 e. The van der Waals surface area contributed by atoms with Crippen molar-refractivity contribution in [2.45, 2.75) is 11.8 Å². The monoisotopic (exact) mass is 421 g/mol. The maximum Gasteiger partial charge on any atom is 0.261 e. The Hall–Kier alpha value is -2.32. The highest BCUT2D eigenvalue weighted by atomic mass is 79.9. The highest BCUT2D eigenvalue weighted by Crippen LogP contribution is 2.25. The number of benzene rings is 2. The molecule has 0 aliphatic heterocycles. The van der Waals surface area contributed by atoms with E-state index in [1.54, 1.807) is 47.4 Å². The van der Waals surface area contributed by atoms with Crippen LogP contribution in [0.1, 0.15) is 6.92 Å². The highest BCUT2D eigenvalue weighted by Gasteiger charge is 2.17. The minimum absolute atomic E-state index is 0.160. The number of para-hydroxylation sites is 2. The average Bonchev–Trinajstić information content (AvgIpc) is 3.02. The molecule has 25 heavy (non-hydrogen) atoms. The van der Waals surface area contributed by atoms with E-state index >= 15 is 0 Å². The molecule has 2 aromatic carbocycles. The maximum atomic E-state index is 12.7. The van der Waals surface area contributed by atoms with Crippen LogP contribution in [0.4, 0.5) is 5.69 Å². The van der Waals surface area contributed by atoms with E-state index in [9.17, 15) is 8.42 Å². The van der Waals surface area contributed by atoms with Crippen molar-refractivity contribution in [1.82, 2.24) is 9.78 Å². The molecule has 0 saturated carbocycles. The molecule has 3 rings (SSSR count). The molecule has 0 atom stereocenters. The first-order valence-electron chi connectivity index (χ1n) is 7.55. The minimum Gasteiger partial charge on any atom is -0.494 e. The summed E-state index contributed by atoms with van der Waals surface area (Å²) in [5, 5.41) is 4.20. The maximum absolute atomic E-state index is 12.7. The van der Waals surface area contributed by atoms with Gasteiger partial charge in [-0.25, -0.2) is 13.1 Å². The Labute approximate surface area is 154 Å². The lowest BCUT2D eigenvalue weighted by atomic mass is 10.3. The highest BCUT2D eigenvalue weighted by molar-refractivity contribution is 9.10. The number of anilines is 1. The summed E-state index contributed by atoms with van der Waals surface area (Å²) in [7, 11) is -3.73. The van der Waals surface area contributed by atoms with Crippen LogP contribution in [0.2, 0.25) is 0 Å². The van der Waals surface area contributed by atoms with Gasteiger partial charge in [-0.3, -0.25) is 4.72 Å². The summed E-state index contributed by atoms with van der Waals surface area (Å²) in [5.41, 5.74) is 1.06. The molecule has 0 saturated heterocycles. The SMILES string of the molecule is CCOc1ccc(S(=O)(=O)Nc2ccccc2-n2cc(Br)cn2)cc1. The lowest BCUT2D eigenvalue weighted by molar-refractivity contribution is 0.340. The minimum atomic E-state index is -3.73. The molecule has 0 fully saturated rings. The molecule has 8 heteroatoms. The summed E-state index contributed by atoms with van der Waals surface area (Å²) < 4.78 is 35.7. The fraction of sp³-hybridized carbons (Fsp3) is 0.118. The largest absolute Gasteiger partial charge is 0.494 e. The van der Waals surface area contributed by atoms with Crippen LogP contribution >= 0.6 is 15.9 Å². The molecule has 3 aromatic rings. The zero-order valence-corrected chi connectivity index (χ0v) is 15.8. The fourth-order valence-electron chi connectivity index (χ4n) is 2.28. The van der Waals surface area contributed by atoms with Crippen LogP contribution in [0.5, 0.6) is 5.75 Å². The first-order valence-corrected chi connectivity index (χ1v) is 9.82. The van der Waals surface area contributed by atoms with Gasteiger partial charge >= 0.3 is 0 Å². The molecular weight excluding hydrogens is 406 g/mol. The number of nitrogens with zero attached hydrogens (tertiary/aromatic N) is 2. The molecule has 130 valence electrons. The van der Waals surface area contributed by atoms with Crippen molar-refractivity contribution >= 4 is 31.6 Å². The van der Waals surface area contributed by atoms with Crippen molar-refractivity contribution < 1.29 is 13.2 Å². The van der Waals surface area contributed by atoms with Gasteiger partial charge in [-0.15, -0.1) is 0 Å². The van der Waals surface area contributed by atoms with Gasteiger partial charge in [0.25, 0.3) is 10.0 Å². The van der Waals surface area contributed by atoms with Crippen molar-refractivity contribution in [2.24, 2.45) is 0 Å². The van der Waals surface area contributed by atoms with Crippen LogP contribution < -0.4 is 9.46 Å². The van der Waals surface area contributed by atoms with Crippen LogP contribution in [0, 0.1) is 0 Å². The Morgan fingerprint density at radius 1 is 1.16 bits per heavy atom. The Morgan fingerprint density at radius 2 is 1.88 bits per heavy atom. The topological polar surface area (TPSA) is 73.2 Å². The summed E-state index contributed by atoms with van der Waals surface area (Å²) in [6, 6.07) is 13.4. The predicted octanol–water partition coefficient (Wildman–Crippen LogP) is 3.83. The molecule has 1 heterocycles. The molecule has 0 bridgehead atoms. The zero-order valence-electron chi connectivity index (χ0n) is 13.4. The van der Waals surface area contributed by atoms with Crippen molar-refractivity contribution in [2.75, 3.05) is 11.3 Å². The first-order chi connectivity index (χ1) is 12.0. The Balaban J connectivity index is 1.91. The van der Waals surface area contributed by atoms with Crippen molar-refractivity contribution in [3.63, 3.8) is 0 Å². The lowest BCUT2D eigenvalue weighted by Gasteiger charge is -2.13. The second-order valence-electron chi connectivity index (χ2n) is 5.13. The van der Waals surface area contributed by atoms with E-state index in [0.717, 1.165) is 4.47 Å². The molecule has 1 aromatic heterocycles. The summed E-state index contributed by atoms with van der Waals surface area (Å²) >= 11 is 3.34. The van der Waals surface area contributed by atoms with E-state index in [1.807, 2.05) is 13.0 Å². The van der Waals surface area contributed by atoms with Crippen LogP contribution in [0.15, 0.2) is 70.3 Å². The molecule has 1 N–H and O–H groups in total. The van der Waals surface area contributed by atoms with E-state index in [0.29, 0.717) is 23.7 Å². The Morgan fingerprint density at radius 3 is 2.52 bits per heavy atom.